The van der Waals surface area contributed by atoms with E-state index in [0.29, 0.717) is 5.13 Å². The van der Waals surface area contributed by atoms with Crippen LogP contribution in [-0.2, 0) is 17.6 Å². The van der Waals surface area contributed by atoms with Gasteiger partial charge in [-0.1, -0.05) is 0 Å². The van der Waals surface area contributed by atoms with Crippen molar-refractivity contribution in [3.63, 3.8) is 0 Å². The highest BCUT2D eigenvalue weighted by Gasteiger charge is 2.22. The normalized spacial score (nSPS) is 14.0. The fraction of sp³-hybridized carbons (Fsp3) is 0.278. The minimum Gasteiger partial charge on any atom is -0.300 e. The SMILES string of the molecule is C[C@H](C(=O)Nc1nc(-c2cccnc2)cs1)n1nc2c(cc1=O)CCC2. The molecule has 1 N–H and O–H groups in total. The highest BCUT2D eigenvalue weighted by Crippen LogP contribution is 2.25. The molecule has 8 heteroatoms. The summed E-state index contributed by atoms with van der Waals surface area (Å²) in [5.74, 6) is -0.315. The summed E-state index contributed by atoms with van der Waals surface area (Å²) in [5, 5.41) is 9.50. The van der Waals surface area contributed by atoms with Gasteiger partial charge in [-0.2, -0.15) is 5.10 Å². The van der Waals surface area contributed by atoms with E-state index in [1.54, 1.807) is 25.4 Å². The van der Waals surface area contributed by atoms with Crippen LogP contribution in [0.5, 0.6) is 0 Å². The first-order chi connectivity index (χ1) is 12.6. The summed E-state index contributed by atoms with van der Waals surface area (Å²) in [4.78, 5) is 33.3. The average Bonchev–Trinajstić information content (AvgIpc) is 3.30. The second-order valence-electron chi connectivity index (χ2n) is 6.20. The lowest BCUT2D eigenvalue weighted by atomic mass is 10.2. The first-order valence-corrected chi connectivity index (χ1v) is 9.28. The summed E-state index contributed by atoms with van der Waals surface area (Å²) in [6.07, 6.45) is 6.15. The molecular weight excluding hydrogens is 350 g/mol. The second kappa shape index (κ2) is 6.80. The molecule has 1 amide bonds. The first-order valence-electron chi connectivity index (χ1n) is 8.40. The van der Waals surface area contributed by atoms with Crippen LogP contribution in [0.2, 0.25) is 0 Å². The second-order valence-corrected chi connectivity index (χ2v) is 7.06. The Morgan fingerprint density at radius 2 is 2.27 bits per heavy atom. The van der Waals surface area contributed by atoms with E-state index in [1.165, 1.54) is 16.0 Å². The Kier molecular flexibility index (Phi) is 4.34. The molecule has 0 radical (unpaired) electrons. The van der Waals surface area contributed by atoms with Gasteiger partial charge in [0.1, 0.15) is 6.04 Å². The third-order valence-corrected chi connectivity index (χ3v) is 5.18. The monoisotopic (exact) mass is 367 g/mol. The lowest BCUT2D eigenvalue weighted by Gasteiger charge is -2.14. The van der Waals surface area contributed by atoms with E-state index in [1.807, 2.05) is 17.5 Å². The van der Waals surface area contributed by atoms with Gasteiger partial charge in [0.25, 0.3) is 11.5 Å². The van der Waals surface area contributed by atoms with Gasteiger partial charge in [-0.05, 0) is 43.9 Å². The molecule has 0 fully saturated rings. The molecule has 1 aliphatic rings. The standard InChI is InChI=1S/C18H17N5O2S/c1-11(23-16(24)8-12-4-2-6-14(12)22-23)17(25)21-18-20-15(10-26-18)13-5-3-7-19-9-13/h3,5,7-11H,2,4,6H2,1H3,(H,20,21,25)/t11-/m1/s1. The lowest BCUT2D eigenvalue weighted by Crippen LogP contribution is -2.33. The number of carbonyl (C=O) groups excluding carboxylic acids is 1. The molecular formula is C18H17N5O2S. The van der Waals surface area contributed by atoms with E-state index in [0.717, 1.165) is 41.8 Å². The van der Waals surface area contributed by atoms with Crippen molar-refractivity contribution in [2.45, 2.75) is 32.2 Å². The molecule has 3 heterocycles. The number of nitrogens with one attached hydrogen (secondary N) is 1. The Bertz CT molecular complexity index is 1010. The van der Waals surface area contributed by atoms with Crippen molar-refractivity contribution in [3.05, 3.63) is 57.6 Å². The Balaban J connectivity index is 1.52. The summed E-state index contributed by atoms with van der Waals surface area (Å²) < 4.78 is 1.26. The van der Waals surface area contributed by atoms with Crippen LogP contribution < -0.4 is 10.9 Å². The fourth-order valence-corrected chi connectivity index (χ4v) is 3.71. The zero-order chi connectivity index (χ0) is 18.1. The first kappa shape index (κ1) is 16.6. The maximum atomic E-state index is 12.6. The largest absolute Gasteiger partial charge is 0.300 e. The van der Waals surface area contributed by atoms with Crippen molar-refractivity contribution in [2.24, 2.45) is 0 Å². The van der Waals surface area contributed by atoms with Crippen molar-refractivity contribution >= 4 is 22.4 Å². The van der Waals surface area contributed by atoms with Crippen molar-refractivity contribution in [1.82, 2.24) is 19.7 Å². The zero-order valence-corrected chi connectivity index (χ0v) is 15.0. The summed E-state index contributed by atoms with van der Waals surface area (Å²) in [6.45, 7) is 1.67. The molecule has 1 atom stereocenters. The summed E-state index contributed by atoms with van der Waals surface area (Å²) in [5.41, 5.74) is 3.30. The Morgan fingerprint density at radius 1 is 1.38 bits per heavy atom. The molecule has 0 saturated carbocycles. The molecule has 0 aliphatic heterocycles. The van der Waals surface area contributed by atoms with Crippen LogP contribution in [0.15, 0.2) is 40.8 Å². The summed E-state index contributed by atoms with van der Waals surface area (Å²) in [7, 11) is 0. The van der Waals surface area contributed by atoms with Crippen LogP contribution in [0, 0.1) is 0 Å². The molecule has 3 aromatic heterocycles. The quantitative estimate of drug-likeness (QED) is 0.765. The lowest BCUT2D eigenvalue weighted by molar-refractivity contribution is -0.119. The molecule has 0 spiro atoms. The molecule has 3 aromatic rings. The fourth-order valence-electron chi connectivity index (χ4n) is 2.99. The van der Waals surface area contributed by atoms with Gasteiger partial charge >= 0.3 is 0 Å². The van der Waals surface area contributed by atoms with Gasteiger partial charge in [0.05, 0.1) is 11.4 Å². The number of rotatable bonds is 4. The number of hydrogen-bond acceptors (Lipinski definition) is 6. The smallest absolute Gasteiger partial charge is 0.267 e. The maximum absolute atomic E-state index is 12.6. The number of aryl methyl sites for hydroxylation is 2. The highest BCUT2D eigenvalue weighted by atomic mass is 32.1. The van der Waals surface area contributed by atoms with Crippen molar-refractivity contribution in [1.29, 1.82) is 0 Å². The number of nitrogens with zero attached hydrogens (tertiary/aromatic N) is 4. The summed E-state index contributed by atoms with van der Waals surface area (Å²) >= 11 is 1.33. The van der Waals surface area contributed by atoms with Gasteiger partial charge < -0.3 is 5.32 Å². The van der Waals surface area contributed by atoms with Crippen LogP contribution in [0.3, 0.4) is 0 Å². The minimum atomic E-state index is -0.709. The molecule has 0 bridgehead atoms. The van der Waals surface area contributed by atoms with Crippen molar-refractivity contribution in [3.8, 4) is 11.3 Å². The van der Waals surface area contributed by atoms with Crippen LogP contribution in [0.1, 0.15) is 30.6 Å². The Hall–Kier alpha value is -2.87. The van der Waals surface area contributed by atoms with Crippen LogP contribution >= 0.6 is 11.3 Å². The van der Waals surface area contributed by atoms with Crippen molar-refractivity contribution < 1.29 is 4.79 Å². The molecule has 0 saturated heterocycles. The number of thiazole rings is 1. The van der Waals surface area contributed by atoms with E-state index in [2.05, 4.69) is 20.4 Å². The topological polar surface area (TPSA) is 89.8 Å². The minimum absolute atomic E-state index is 0.247. The number of carbonyl (C=O) groups is 1. The molecule has 26 heavy (non-hydrogen) atoms. The third kappa shape index (κ3) is 3.15. The van der Waals surface area contributed by atoms with Crippen LogP contribution in [-0.4, -0.2) is 25.7 Å². The predicted molar refractivity (Wildman–Crippen MR) is 99.2 cm³/mol. The van der Waals surface area contributed by atoms with Crippen LogP contribution in [0.25, 0.3) is 11.3 Å². The summed E-state index contributed by atoms with van der Waals surface area (Å²) in [6, 6.07) is 4.63. The molecule has 0 aromatic carbocycles. The molecule has 132 valence electrons. The molecule has 1 aliphatic carbocycles. The number of hydrogen-bond donors (Lipinski definition) is 1. The third-order valence-electron chi connectivity index (χ3n) is 4.42. The highest BCUT2D eigenvalue weighted by molar-refractivity contribution is 7.14. The van der Waals surface area contributed by atoms with Crippen LogP contribution in [0.4, 0.5) is 5.13 Å². The number of fused-ring (bicyclic) bond motifs is 1. The molecule has 4 rings (SSSR count). The van der Waals surface area contributed by atoms with E-state index in [-0.39, 0.29) is 11.5 Å². The van der Waals surface area contributed by atoms with Gasteiger partial charge in [0, 0.05) is 29.4 Å². The van der Waals surface area contributed by atoms with Gasteiger partial charge in [-0.15, -0.1) is 11.3 Å². The maximum Gasteiger partial charge on any atom is 0.267 e. The molecule has 7 nitrogen and oxygen atoms in total. The number of anilines is 1. The van der Waals surface area contributed by atoms with Gasteiger partial charge in [-0.25, -0.2) is 9.67 Å². The van der Waals surface area contributed by atoms with E-state index in [9.17, 15) is 9.59 Å². The van der Waals surface area contributed by atoms with Crippen molar-refractivity contribution in [2.75, 3.05) is 5.32 Å². The number of aromatic nitrogens is 4. The Labute approximate surface area is 153 Å². The number of amides is 1. The van der Waals surface area contributed by atoms with Gasteiger partial charge in [0.2, 0.25) is 0 Å². The molecule has 0 unspecified atom stereocenters. The van der Waals surface area contributed by atoms with Gasteiger partial charge in [0.15, 0.2) is 5.13 Å². The van der Waals surface area contributed by atoms with E-state index >= 15 is 0 Å². The average molecular weight is 367 g/mol. The van der Waals surface area contributed by atoms with Gasteiger partial charge in [-0.3, -0.25) is 14.6 Å². The Morgan fingerprint density at radius 3 is 3.08 bits per heavy atom. The zero-order valence-electron chi connectivity index (χ0n) is 14.2. The predicted octanol–water partition coefficient (Wildman–Crippen LogP) is 2.45. The number of pyridine rings is 1. The van der Waals surface area contributed by atoms with E-state index in [4.69, 9.17) is 0 Å². The van der Waals surface area contributed by atoms with E-state index < -0.39 is 6.04 Å².